The fourth-order valence-electron chi connectivity index (χ4n) is 2.19. The summed E-state index contributed by atoms with van der Waals surface area (Å²) < 4.78 is 11.9. The Hall–Kier alpha value is -2.03. The van der Waals surface area contributed by atoms with Gasteiger partial charge in [-0.3, -0.25) is 9.59 Å². The Labute approximate surface area is 127 Å². The van der Waals surface area contributed by atoms with Gasteiger partial charge in [0.2, 0.25) is 0 Å². The Balaban J connectivity index is 2.11. The van der Waals surface area contributed by atoms with E-state index in [0.29, 0.717) is 0 Å². The molecule has 4 N–H and O–H groups in total. The molecule has 1 amide bonds. The number of ether oxygens (including phenoxy) is 2. The first-order chi connectivity index (χ1) is 10.4. The third-order valence-corrected chi connectivity index (χ3v) is 3.43. The van der Waals surface area contributed by atoms with Crippen molar-refractivity contribution in [3.05, 3.63) is 30.1 Å². The SMILES string of the molecule is CCC(=O)OCC1O[C@@H]([n+]2cccc(C(N)=O)c2)[C@H](O)[C@@H]1O. The van der Waals surface area contributed by atoms with Crippen LogP contribution in [0.4, 0.5) is 0 Å². The Bertz CT molecular complexity index is 564. The maximum atomic E-state index is 11.2. The van der Waals surface area contributed by atoms with Crippen LogP contribution in [0.25, 0.3) is 0 Å². The summed E-state index contributed by atoms with van der Waals surface area (Å²) in [6, 6.07) is 3.10. The van der Waals surface area contributed by atoms with Crippen LogP contribution in [0, 0.1) is 0 Å². The van der Waals surface area contributed by atoms with Gasteiger partial charge in [0.15, 0.2) is 18.5 Å². The van der Waals surface area contributed by atoms with Crippen molar-refractivity contribution in [2.45, 2.75) is 37.9 Å². The topological polar surface area (TPSA) is 123 Å². The van der Waals surface area contributed by atoms with Crippen LogP contribution in [0.1, 0.15) is 29.9 Å². The number of hydrogen-bond acceptors (Lipinski definition) is 6. The van der Waals surface area contributed by atoms with Crippen molar-refractivity contribution in [1.29, 1.82) is 0 Å². The largest absolute Gasteiger partial charge is 0.463 e. The summed E-state index contributed by atoms with van der Waals surface area (Å²) in [5, 5.41) is 20.1. The number of carbonyl (C=O) groups is 2. The molecule has 120 valence electrons. The maximum absolute atomic E-state index is 11.2. The molecule has 1 saturated heterocycles. The second-order valence-corrected chi connectivity index (χ2v) is 4.99. The van der Waals surface area contributed by atoms with Gasteiger partial charge in [-0.2, -0.15) is 4.57 Å². The summed E-state index contributed by atoms with van der Waals surface area (Å²) in [6.07, 6.45) is -0.973. The van der Waals surface area contributed by atoms with E-state index in [0.717, 1.165) is 0 Å². The Kier molecular flexibility index (Phi) is 5.07. The summed E-state index contributed by atoms with van der Waals surface area (Å²) in [6.45, 7) is 1.49. The summed E-state index contributed by atoms with van der Waals surface area (Å²) in [7, 11) is 0. The van der Waals surface area contributed by atoms with Gasteiger partial charge < -0.3 is 25.4 Å². The highest BCUT2D eigenvalue weighted by molar-refractivity contribution is 5.92. The predicted molar refractivity (Wildman–Crippen MR) is 72.3 cm³/mol. The molecule has 1 aliphatic heterocycles. The molecule has 1 aliphatic rings. The fourth-order valence-corrected chi connectivity index (χ4v) is 2.19. The van der Waals surface area contributed by atoms with Crippen LogP contribution in [0.15, 0.2) is 24.5 Å². The number of esters is 1. The number of aromatic nitrogens is 1. The minimum absolute atomic E-state index is 0.155. The number of amides is 1. The van der Waals surface area contributed by atoms with Crippen molar-refractivity contribution < 1.29 is 33.8 Å². The molecule has 1 aromatic rings. The number of aliphatic hydroxyl groups excluding tert-OH is 2. The van der Waals surface area contributed by atoms with Gasteiger partial charge in [0.1, 0.15) is 24.4 Å². The lowest BCUT2D eigenvalue weighted by atomic mass is 10.1. The molecule has 0 aromatic carbocycles. The van der Waals surface area contributed by atoms with Crippen molar-refractivity contribution in [2.75, 3.05) is 6.61 Å². The van der Waals surface area contributed by atoms with Gasteiger partial charge in [-0.1, -0.05) is 6.92 Å². The first-order valence-electron chi connectivity index (χ1n) is 6.92. The van der Waals surface area contributed by atoms with Crippen LogP contribution in [-0.2, 0) is 14.3 Å². The third kappa shape index (κ3) is 3.41. The monoisotopic (exact) mass is 311 g/mol. The van der Waals surface area contributed by atoms with Crippen LogP contribution in [0.2, 0.25) is 0 Å². The molecule has 8 nitrogen and oxygen atoms in total. The number of pyridine rings is 1. The maximum Gasteiger partial charge on any atom is 0.305 e. The number of carbonyl (C=O) groups excluding carboxylic acids is 2. The standard InChI is InChI=1S/C14H18N2O6/c1-2-10(17)21-7-9-11(18)12(19)14(22-9)16-5-3-4-8(6-16)13(15)20/h3-6,9,11-12,14,18-19H,2,7H2,1H3,(H-,15,20)/p+1/t9?,11-,12-,14-/m1/s1. The summed E-state index contributed by atoms with van der Waals surface area (Å²) in [5.41, 5.74) is 5.45. The molecule has 1 fully saturated rings. The van der Waals surface area contributed by atoms with Gasteiger partial charge in [0, 0.05) is 12.5 Å². The van der Waals surface area contributed by atoms with Crippen LogP contribution in [-0.4, -0.2) is 47.0 Å². The molecule has 8 heteroatoms. The smallest absolute Gasteiger partial charge is 0.305 e. The Morgan fingerprint density at radius 3 is 2.77 bits per heavy atom. The van der Waals surface area contributed by atoms with Gasteiger partial charge >= 0.3 is 5.97 Å². The van der Waals surface area contributed by atoms with E-state index in [1.54, 1.807) is 19.2 Å². The molecule has 22 heavy (non-hydrogen) atoms. The lowest BCUT2D eigenvalue weighted by Gasteiger charge is -2.13. The molecular formula is C14H19N2O6+. The molecule has 4 atom stereocenters. The summed E-state index contributed by atoms with van der Waals surface area (Å²) >= 11 is 0. The van der Waals surface area contributed by atoms with Gasteiger partial charge in [-0.05, 0) is 6.07 Å². The minimum Gasteiger partial charge on any atom is -0.463 e. The van der Waals surface area contributed by atoms with Crippen LogP contribution >= 0.6 is 0 Å². The molecule has 2 rings (SSSR count). The zero-order chi connectivity index (χ0) is 16.3. The Morgan fingerprint density at radius 1 is 1.41 bits per heavy atom. The lowest BCUT2D eigenvalue weighted by molar-refractivity contribution is -0.765. The molecule has 0 bridgehead atoms. The predicted octanol–water partition coefficient (Wildman–Crippen LogP) is -1.35. The van der Waals surface area contributed by atoms with Crippen molar-refractivity contribution >= 4 is 11.9 Å². The number of rotatable bonds is 5. The Morgan fingerprint density at radius 2 is 2.14 bits per heavy atom. The normalized spacial score (nSPS) is 27.6. The van der Waals surface area contributed by atoms with Crippen LogP contribution < -0.4 is 10.3 Å². The highest BCUT2D eigenvalue weighted by Crippen LogP contribution is 2.25. The van der Waals surface area contributed by atoms with E-state index in [4.69, 9.17) is 15.2 Å². The number of nitrogens with two attached hydrogens (primary N) is 1. The second-order valence-electron chi connectivity index (χ2n) is 4.99. The zero-order valence-electron chi connectivity index (χ0n) is 12.1. The van der Waals surface area contributed by atoms with Gasteiger partial charge in [0.05, 0.1) is 0 Å². The quantitative estimate of drug-likeness (QED) is 0.456. The molecule has 0 aliphatic carbocycles. The highest BCUT2D eigenvalue weighted by Gasteiger charge is 2.48. The number of primary amides is 1. The van der Waals surface area contributed by atoms with E-state index in [-0.39, 0.29) is 18.6 Å². The van der Waals surface area contributed by atoms with E-state index >= 15 is 0 Å². The molecular weight excluding hydrogens is 292 g/mol. The average Bonchev–Trinajstić information content (AvgIpc) is 2.80. The van der Waals surface area contributed by atoms with Crippen molar-refractivity contribution in [1.82, 2.24) is 0 Å². The molecule has 0 radical (unpaired) electrons. The van der Waals surface area contributed by atoms with E-state index in [2.05, 4.69) is 0 Å². The average molecular weight is 311 g/mol. The minimum atomic E-state index is -1.22. The van der Waals surface area contributed by atoms with E-state index in [1.807, 2.05) is 0 Å². The van der Waals surface area contributed by atoms with E-state index < -0.39 is 36.4 Å². The van der Waals surface area contributed by atoms with Gasteiger partial charge in [-0.15, -0.1) is 0 Å². The first-order valence-corrected chi connectivity index (χ1v) is 6.92. The number of hydrogen-bond donors (Lipinski definition) is 3. The zero-order valence-corrected chi connectivity index (χ0v) is 12.1. The summed E-state index contributed by atoms with van der Waals surface area (Å²) in [5.74, 6) is -1.03. The van der Waals surface area contributed by atoms with Crippen molar-refractivity contribution in [3.8, 4) is 0 Å². The lowest BCUT2D eigenvalue weighted by Crippen LogP contribution is -2.46. The van der Waals surface area contributed by atoms with E-state index in [1.165, 1.54) is 16.8 Å². The first kappa shape index (κ1) is 16.3. The molecule has 1 unspecified atom stereocenters. The third-order valence-electron chi connectivity index (χ3n) is 3.43. The molecule has 1 aromatic heterocycles. The molecule has 0 saturated carbocycles. The summed E-state index contributed by atoms with van der Waals surface area (Å²) in [4.78, 5) is 22.3. The number of nitrogens with zero attached hydrogens (tertiary/aromatic N) is 1. The second kappa shape index (κ2) is 6.82. The fraction of sp³-hybridized carbons (Fsp3) is 0.500. The van der Waals surface area contributed by atoms with Gasteiger partial charge in [0.25, 0.3) is 12.1 Å². The van der Waals surface area contributed by atoms with Crippen LogP contribution in [0.5, 0.6) is 0 Å². The highest BCUT2D eigenvalue weighted by atomic mass is 16.6. The van der Waals surface area contributed by atoms with Gasteiger partial charge in [-0.25, -0.2) is 0 Å². The molecule has 0 spiro atoms. The number of aliphatic hydroxyl groups is 2. The van der Waals surface area contributed by atoms with Crippen molar-refractivity contribution in [2.24, 2.45) is 5.73 Å². The van der Waals surface area contributed by atoms with E-state index in [9.17, 15) is 19.8 Å². The van der Waals surface area contributed by atoms with Crippen molar-refractivity contribution in [3.63, 3.8) is 0 Å². The van der Waals surface area contributed by atoms with Crippen LogP contribution in [0.3, 0.4) is 0 Å². The molecule has 2 heterocycles.